The van der Waals surface area contributed by atoms with Crippen molar-refractivity contribution in [3.8, 4) is 33.4 Å². The van der Waals surface area contributed by atoms with Crippen LogP contribution in [0.15, 0.2) is 216 Å². The van der Waals surface area contributed by atoms with Gasteiger partial charge in [-0.2, -0.15) is 0 Å². The van der Waals surface area contributed by atoms with Crippen LogP contribution in [0.1, 0.15) is 53.5 Å². The highest BCUT2D eigenvalue weighted by atomic mass is 16.3. The zero-order valence-corrected chi connectivity index (χ0v) is 38.8. The van der Waals surface area contributed by atoms with E-state index >= 15 is 0 Å². The van der Waals surface area contributed by atoms with Crippen molar-refractivity contribution in [2.75, 3.05) is 4.90 Å². The van der Waals surface area contributed by atoms with Crippen molar-refractivity contribution in [3.63, 3.8) is 0 Å². The first kappa shape index (κ1) is 41.3. The average molecular weight is 854 g/mol. The fraction of sp³-hybridized carbons (Fsp3) is 0.156. The van der Waals surface area contributed by atoms with Gasteiger partial charge in [-0.25, -0.2) is 0 Å². The van der Waals surface area contributed by atoms with Crippen molar-refractivity contribution in [3.05, 3.63) is 217 Å². The van der Waals surface area contributed by atoms with Gasteiger partial charge >= 0.3 is 0 Å². The lowest BCUT2D eigenvalue weighted by molar-refractivity contribution is 0.292. The quantitative estimate of drug-likeness (QED) is 0.159. The van der Waals surface area contributed by atoms with Crippen LogP contribution < -0.4 is 4.90 Å². The lowest BCUT2D eigenvalue weighted by Crippen LogP contribution is -2.23. The highest BCUT2D eigenvalue weighted by Crippen LogP contribution is 2.50. The molecule has 2 nitrogen and oxygen atoms in total. The normalized spacial score (nSPS) is 14.5. The topological polar surface area (TPSA) is 16.4 Å². The summed E-state index contributed by atoms with van der Waals surface area (Å²) >= 11 is 0. The van der Waals surface area contributed by atoms with Gasteiger partial charge in [0.2, 0.25) is 0 Å². The summed E-state index contributed by atoms with van der Waals surface area (Å²) in [5, 5.41) is 7.22. The lowest BCUT2D eigenvalue weighted by Gasteiger charge is -2.36. The second-order valence-electron chi connectivity index (χ2n) is 20.2. The van der Waals surface area contributed by atoms with E-state index in [9.17, 15) is 0 Å². The third-order valence-electron chi connectivity index (χ3n) is 13.9. The molecule has 66 heavy (non-hydrogen) atoms. The molecule has 10 aromatic rings. The highest BCUT2D eigenvalue weighted by molar-refractivity contribution is 6.11. The second kappa shape index (κ2) is 16.2. The van der Waals surface area contributed by atoms with Crippen LogP contribution in [0.3, 0.4) is 0 Å². The molecule has 0 fully saturated rings. The van der Waals surface area contributed by atoms with Crippen molar-refractivity contribution in [1.82, 2.24) is 0 Å². The lowest BCUT2D eigenvalue weighted by atomic mass is 9.69. The summed E-state index contributed by atoms with van der Waals surface area (Å²) in [6, 6.07) is 70.9. The van der Waals surface area contributed by atoms with Gasteiger partial charge in [0.1, 0.15) is 11.2 Å². The van der Waals surface area contributed by atoms with Crippen LogP contribution in [0, 0.1) is 16.7 Å². The summed E-state index contributed by atoms with van der Waals surface area (Å²) in [6.07, 6.45) is 6.05. The molecular formula is C64H55NO. The molecule has 1 aliphatic rings. The zero-order chi connectivity index (χ0) is 45.2. The number of furan rings is 1. The van der Waals surface area contributed by atoms with E-state index in [1.54, 1.807) is 0 Å². The van der Waals surface area contributed by atoms with Crippen LogP contribution in [0.5, 0.6) is 0 Å². The molecule has 322 valence electrons. The first-order valence-electron chi connectivity index (χ1n) is 23.4. The van der Waals surface area contributed by atoms with E-state index < -0.39 is 0 Å². The molecule has 11 rings (SSSR count). The number of anilines is 3. The molecule has 9 aromatic carbocycles. The van der Waals surface area contributed by atoms with Crippen LogP contribution in [0.4, 0.5) is 17.1 Å². The molecule has 0 spiro atoms. The zero-order valence-electron chi connectivity index (χ0n) is 38.8. The van der Waals surface area contributed by atoms with Crippen LogP contribution in [-0.2, 0) is 0 Å². The van der Waals surface area contributed by atoms with Gasteiger partial charge in [-0.05, 0) is 108 Å². The summed E-state index contributed by atoms with van der Waals surface area (Å²) in [6.45, 7) is 14.2. The maximum Gasteiger partial charge on any atom is 0.143 e. The first-order chi connectivity index (χ1) is 32.0. The second-order valence-corrected chi connectivity index (χ2v) is 20.2. The minimum absolute atomic E-state index is 0.0254. The number of nitrogens with zero attached hydrogens (tertiary/aromatic N) is 1. The molecular weight excluding hydrogens is 799 g/mol. The van der Waals surface area contributed by atoms with Crippen molar-refractivity contribution in [1.29, 1.82) is 0 Å². The largest absolute Gasteiger partial charge is 0.455 e. The Kier molecular flexibility index (Phi) is 10.2. The average Bonchev–Trinajstić information content (AvgIpc) is 3.72. The molecule has 1 atom stereocenters. The van der Waals surface area contributed by atoms with E-state index in [-0.39, 0.29) is 10.8 Å². The van der Waals surface area contributed by atoms with E-state index in [4.69, 9.17) is 4.42 Å². The fourth-order valence-corrected chi connectivity index (χ4v) is 10.3. The first-order valence-corrected chi connectivity index (χ1v) is 23.4. The molecule has 0 bridgehead atoms. The Morgan fingerprint density at radius 2 is 1.02 bits per heavy atom. The maximum atomic E-state index is 6.63. The maximum absolute atomic E-state index is 6.63. The van der Waals surface area contributed by atoms with Crippen molar-refractivity contribution < 1.29 is 4.42 Å². The Morgan fingerprint density at radius 1 is 0.470 bits per heavy atom. The molecule has 2 heteroatoms. The molecule has 0 radical (unpaired) electrons. The van der Waals surface area contributed by atoms with Gasteiger partial charge in [-0.15, -0.1) is 0 Å². The SMILES string of the molecule is CC(C)(C)C1=CC(C(C)(C)C)CC(c2cccc3cccc(-c4ccccc4N(c4cccc(-c5cccc6c5oc5ccccc56)c4)c4ccccc4-c4cccc5ccccc45)c23)=C1. The molecule has 0 saturated carbocycles. The smallest absolute Gasteiger partial charge is 0.143 e. The summed E-state index contributed by atoms with van der Waals surface area (Å²) < 4.78 is 6.63. The minimum atomic E-state index is 0.0254. The Labute approximate surface area is 389 Å². The number of rotatable bonds is 7. The Balaban J connectivity index is 1.16. The Hall–Kier alpha value is -7.42. The number of hydrogen-bond acceptors (Lipinski definition) is 2. The van der Waals surface area contributed by atoms with Crippen LogP contribution in [0.25, 0.3) is 82.4 Å². The standard InChI is InChI=1S/C64H55NO/c1-63(2,3)46-38-45(39-47(41-46)64(4,5)6)50-30-17-22-43-23-18-33-56(61(43)50)54-28-10-13-36-59(54)65(58-35-12-9-27-53(58)52-32-16-21-42-20-7-8-26-49(42)52)48-25-15-24-44(40-48)51-31-19-34-57-55-29-11-14-37-60(55)66-62(51)57/h7-38,40-41,47H,39H2,1-6H3. The molecule has 0 N–H and O–H groups in total. The van der Waals surface area contributed by atoms with E-state index in [1.165, 1.54) is 54.9 Å². The van der Waals surface area contributed by atoms with Gasteiger partial charge in [0.25, 0.3) is 0 Å². The minimum Gasteiger partial charge on any atom is -0.455 e. The van der Waals surface area contributed by atoms with Crippen LogP contribution in [0.2, 0.25) is 0 Å². The van der Waals surface area contributed by atoms with Crippen LogP contribution >= 0.6 is 0 Å². The molecule has 0 amide bonds. The third kappa shape index (κ3) is 7.31. The van der Waals surface area contributed by atoms with Gasteiger partial charge in [0.05, 0.1) is 11.4 Å². The van der Waals surface area contributed by atoms with Gasteiger partial charge in [0.15, 0.2) is 0 Å². The van der Waals surface area contributed by atoms with Gasteiger partial charge < -0.3 is 9.32 Å². The van der Waals surface area contributed by atoms with Gasteiger partial charge in [-0.1, -0.05) is 217 Å². The number of fused-ring (bicyclic) bond motifs is 5. The number of allylic oxidation sites excluding steroid dienone is 4. The number of benzene rings is 9. The summed E-state index contributed by atoms with van der Waals surface area (Å²) in [7, 11) is 0. The van der Waals surface area contributed by atoms with E-state index in [0.29, 0.717) is 5.92 Å². The van der Waals surface area contributed by atoms with E-state index in [0.717, 1.165) is 62.1 Å². The molecule has 1 unspecified atom stereocenters. The molecule has 1 aliphatic carbocycles. The molecule has 1 aromatic heterocycles. The molecule has 0 saturated heterocycles. The molecule has 0 aliphatic heterocycles. The van der Waals surface area contributed by atoms with Crippen molar-refractivity contribution in [2.24, 2.45) is 16.7 Å². The van der Waals surface area contributed by atoms with Crippen molar-refractivity contribution >= 4 is 66.1 Å². The summed E-state index contributed by atoms with van der Waals surface area (Å²) in [5.74, 6) is 0.417. The Bertz CT molecular complexity index is 3540. The van der Waals surface area contributed by atoms with Crippen molar-refractivity contribution in [2.45, 2.75) is 48.0 Å². The van der Waals surface area contributed by atoms with E-state index in [2.05, 4.69) is 247 Å². The summed E-state index contributed by atoms with van der Waals surface area (Å²) in [4.78, 5) is 2.49. The van der Waals surface area contributed by atoms with Crippen LogP contribution in [-0.4, -0.2) is 0 Å². The third-order valence-corrected chi connectivity index (χ3v) is 13.9. The van der Waals surface area contributed by atoms with Gasteiger partial charge in [0, 0.05) is 33.2 Å². The van der Waals surface area contributed by atoms with E-state index in [1.807, 2.05) is 6.07 Å². The predicted octanol–water partition coefficient (Wildman–Crippen LogP) is 18.8. The highest BCUT2D eigenvalue weighted by Gasteiger charge is 2.31. The number of hydrogen-bond donors (Lipinski definition) is 0. The fourth-order valence-electron chi connectivity index (χ4n) is 10.3. The number of para-hydroxylation sites is 4. The Morgan fingerprint density at radius 3 is 1.76 bits per heavy atom. The molecule has 1 heterocycles. The van der Waals surface area contributed by atoms with Gasteiger partial charge in [-0.3, -0.25) is 0 Å². The predicted molar refractivity (Wildman–Crippen MR) is 283 cm³/mol. The summed E-state index contributed by atoms with van der Waals surface area (Å²) in [5.41, 5.74) is 16.2. The monoisotopic (exact) mass is 853 g/mol.